The lowest BCUT2D eigenvalue weighted by atomic mass is 9.97. The van der Waals surface area contributed by atoms with Gasteiger partial charge in [0.25, 0.3) is 0 Å². The summed E-state index contributed by atoms with van der Waals surface area (Å²) in [5.74, 6) is -0.245. The Hall–Kier alpha value is -2.05. The molecule has 101 heavy (non-hydrogen) atoms. The molecule has 0 spiro atoms. The number of amides is 1. The molecule has 2 rings (SSSR count). The summed E-state index contributed by atoms with van der Waals surface area (Å²) in [6.45, 7) is 2.84. The summed E-state index contributed by atoms with van der Waals surface area (Å²) < 4.78 is 22.9. The molecule has 0 aromatic carbocycles. The molecule has 12 atom stereocenters. The molecule has 0 bridgehead atoms. The van der Waals surface area contributed by atoms with Gasteiger partial charge in [0, 0.05) is 6.42 Å². The Balaban J connectivity index is 1.58. The summed E-state index contributed by atoms with van der Waals surface area (Å²) in [6.07, 6.45) is 79.5. The van der Waals surface area contributed by atoms with E-state index in [1.807, 2.05) is 6.08 Å². The zero-order valence-corrected chi connectivity index (χ0v) is 65.4. The highest BCUT2D eigenvalue weighted by atomic mass is 16.7. The van der Waals surface area contributed by atoms with Gasteiger partial charge in [0.05, 0.1) is 32.0 Å². The number of aliphatic hydroxyl groups is 8. The van der Waals surface area contributed by atoms with E-state index in [1.165, 1.54) is 327 Å². The lowest BCUT2D eigenvalue weighted by molar-refractivity contribution is -0.359. The van der Waals surface area contributed by atoms with E-state index in [0.29, 0.717) is 12.8 Å². The van der Waals surface area contributed by atoms with Crippen molar-refractivity contribution in [3.05, 3.63) is 48.6 Å². The van der Waals surface area contributed by atoms with E-state index in [0.717, 1.165) is 44.9 Å². The first-order valence-electron chi connectivity index (χ1n) is 43.4. The van der Waals surface area contributed by atoms with Crippen LogP contribution in [-0.2, 0) is 23.7 Å². The second kappa shape index (κ2) is 70.9. The zero-order chi connectivity index (χ0) is 73.0. The number of unbranched alkanes of at least 4 members (excludes halogenated alkanes) is 55. The lowest BCUT2D eigenvalue weighted by Gasteiger charge is -2.46. The van der Waals surface area contributed by atoms with E-state index >= 15 is 0 Å². The van der Waals surface area contributed by atoms with E-state index in [9.17, 15) is 45.6 Å². The Bertz CT molecular complexity index is 1880. The van der Waals surface area contributed by atoms with Crippen molar-refractivity contribution < 1.29 is 64.6 Å². The molecule has 0 aromatic rings. The number of carbonyl (C=O) groups excluding carboxylic acids is 1. The maximum atomic E-state index is 13.4. The van der Waals surface area contributed by atoms with Crippen molar-refractivity contribution in [2.45, 2.75) is 479 Å². The van der Waals surface area contributed by atoms with Gasteiger partial charge in [-0.1, -0.05) is 377 Å². The average molecular weight is 1430 g/mol. The number of rotatable bonds is 74. The molecule has 14 heteroatoms. The smallest absolute Gasteiger partial charge is 0.220 e. The summed E-state index contributed by atoms with van der Waals surface area (Å²) in [7, 11) is 0. The van der Waals surface area contributed by atoms with Crippen molar-refractivity contribution in [1.29, 1.82) is 0 Å². The van der Waals surface area contributed by atoms with E-state index in [4.69, 9.17) is 18.9 Å². The van der Waals surface area contributed by atoms with E-state index < -0.39 is 86.8 Å². The average Bonchev–Trinajstić information content (AvgIpc) is 0.790. The van der Waals surface area contributed by atoms with Crippen LogP contribution in [0.4, 0.5) is 0 Å². The van der Waals surface area contributed by atoms with Crippen LogP contribution in [0, 0.1) is 0 Å². The molecule has 2 fully saturated rings. The monoisotopic (exact) mass is 1430 g/mol. The molecule has 2 saturated heterocycles. The highest BCUT2D eigenvalue weighted by Gasteiger charge is 2.51. The molecule has 12 unspecified atom stereocenters. The van der Waals surface area contributed by atoms with E-state index in [2.05, 4.69) is 55.6 Å². The maximum Gasteiger partial charge on any atom is 0.220 e. The predicted molar refractivity (Wildman–Crippen MR) is 420 cm³/mol. The number of allylic oxidation sites excluding steroid dienone is 7. The Kier molecular flexibility index (Phi) is 66.7. The van der Waals surface area contributed by atoms with Gasteiger partial charge in [0.15, 0.2) is 12.6 Å². The molecule has 0 aromatic heterocycles. The first kappa shape index (κ1) is 95.0. The standard InChI is InChI=1S/C87H163NO13/c1-3-5-7-9-11-13-15-17-19-21-23-25-27-29-31-33-34-35-36-37-38-39-40-41-42-43-45-47-49-51-53-55-57-59-61-63-65-67-69-71-79(92)88-75(74-98-86-84(97)82(95)85(78(73-90)100-86)101-87-83(96)81(94)80(93)77(72-89)99-87)76(91)70-68-66-64-62-60-58-56-54-52-50-48-46-44-32-30-28-26-24-22-20-18-16-14-12-10-8-6-4-2/h21,23,52,54,60,62,68,70,75-78,80-87,89-91,93-97H,3-20,22,24-51,53,55-59,61,63-67,69,71-74H2,1-2H3,(H,88,92)/b23-21-,54-52+,62-60+,70-68+. The summed E-state index contributed by atoms with van der Waals surface area (Å²) in [5, 5.41) is 87.7. The van der Waals surface area contributed by atoms with Gasteiger partial charge in [0.1, 0.15) is 48.8 Å². The Morgan fingerprint density at radius 3 is 0.970 bits per heavy atom. The van der Waals surface area contributed by atoms with Gasteiger partial charge >= 0.3 is 0 Å². The van der Waals surface area contributed by atoms with Crippen LogP contribution in [-0.4, -0.2) is 140 Å². The number of hydrogen-bond donors (Lipinski definition) is 9. The van der Waals surface area contributed by atoms with Gasteiger partial charge in [-0.05, 0) is 70.6 Å². The van der Waals surface area contributed by atoms with Crippen molar-refractivity contribution >= 4 is 5.91 Å². The van der Waals surface area contributed by atoms with Crippen LogP contribution in [0.1, 0.15) is 406 Å². The van der Waals surface area contributed by atoms with Crippen LogP contribution in [0.2, 0.25) is 0 Å². The summed E-state index contributed by atoms with van der Waals surface area (Å²) in [6, 6.07) is -0.940. The van der Waals surface area contributed by atoms with Crippen molar-refractivity contribution in [3.63, 3.8) is 0 Å². The van der Waals surface area contributed by atoms with E-state index in [-0.39, 0.29) is 18.9 Å². The molecule has 2 aliphatic rings. The van der Waals surface area contributed by atoms with Crippen LogP contribution < -0.4 is 5.32 Å². The summed E-state index contributed by atoms with van der Waals surface area (Å²) >= 11 is 0. The van der Waals surface area contributed by atoms with Gasteiger partial charge in [-0.3, -0.25) is 4.79 Å². The molecular weight excluding hydrogens is 1270 g/mol. The lowest BCUT2D eigenvalue weighted by Crippen LogP contribution is -2.65. The molecular formula is C87H163NO13. The normalized spacial score (nSPS) is 21.9. The maximum absolute atomic E-state index is 13.4. The quantitative estimate of drug-likeness (QED) is 0.0204. The zero-order valence-electron chi connectivity index (χ0n) is 65.4. The van der Waals surface area contributed by atoms with Crippen LogP contribution in [0.3, 0.4) is 0 Å². The largest absolute Gasteiger partial charge is 0.394 e. The molecule has 9 N–H and O–H groups in total. The SMILES string of the molecule is CCCCCCCCCC/C=C\CCCCCCCCCCCCCCCCCCCCCCCCCCCCCC(=O)NC(COC1OC(CO)C(OC2OC(CO)C(O)C(O)C2O)C(O)C1O)C(O)/C=C/CC/C=C/CC/C=C/CCCCCCCCCCCCCCCCCCCC. The molecule has 2 aliphatic heterocycles. The molecule has 0 aliphatic carbocycles. The summed E-state index contributed by atoms with van der Waals surface area (Å²) in [4.78, 5) is 13.4. The molecule has 0 radical (unpaired) electrons. The Morgan fingerprint density at radius 1 is 0.347 bits per heavy atom. The fraction of sp³-hybridized carbons (Fsp3) is 0.897. The molecule has 594 valence electrons. The van der Waals surface area contributed by atoms with Crippen LogP contribution >= 0.6 is 0 Å². The molecule has 0 saturated carbocycles. The fourth-order valence-corrected chi connectivity index (χ4v) is 14.4. The van der Waals surface area contributed by atoms with Crippen LogP contribution in [0.5, 0.6) is 0 Å². The number of nitrogens with one attached hydrogen (secondary N) is 1. The third-order valence-corrected chi connectivity index (χ3v) is 21.2. The molecule has 2 heterocycles. The Morgan fingerprint density at radius 2 is 0.634 bits per heavy atom. The van der Waals surface area contributed by atoms with Crippen LogP contribution in [0.25, 0.3) is 0 Å². The van der Waals surface area contributed by atoms with Crippen molar-refractivity contribution in [3.8, 4) is 0 Å². The van der Waals surface area contributed by atoms with Crippen molar-refractivity contribution in [2.75, 3.05) is 19.8 Å². The number of carbonyl (C=O) groups is 1. The van der Waals surface area contributed by atoms with Gasteiger partial charge < -0.3 is 65.1 Å². The number of hydrogen-bond acceptors (Lipinski definition) is 13. The third-order valence-electron chi connectivity index (χ3n) is 21.2. The predicted octanol–water partition coefficient (Wildman–Crippen LogP) is 20.5. The van der Waals surface area contributed by atoms with Crippen LogP contribution in [0.15, 0.2) is 48.6 Å². The number of ether oxygens (including phenoxy) is 4. The Labute approximate surface area is 620 Å². The third kappa shape index (κ3) is 53.4. The van der Waals surface area contributed by atoms with E-state index in [1.54, 1.807) is 6.08 Å². The second-order valence-electron chi connectivity index (χ2n) is 30.6. The van der Waals surface area contributed by atoms with Gasteiger partial charge in [-0.15, -0.1) is 0 Å². The molecule has 1 amide bonds. The number of aliphatic hydroxyl groups excluding tert-OH is 8. The minimum Gasteiger partial charge on any atom is -0.394 e. The van der Waals surface area contributed by atoms with Gasteiger partial charge in [-0.25, -0.2) is 0 Å². The van der Waals surface area contributed by atoms with Crippen molar-refractivity contribution in [2.24, 2.45) is 0 Å². The first-order valence-corrected chi connectivity index (χ1v) is 43.4. The minimum atomic E-state index is -1.79. The fourth-order valence-electron chi connectivity index (χ4n) is 14.4. The van der Waals surface area contributed by atoms with Gasteiger partial charge in [-0.2, -0.15) is 0 Å². The summed E-state index contributed by atoms with van der Waals surface area (Å²) in [5.41, 5.74) is 0. The molecule has 14 nitrogen and oxygen atoms in total. The minimum absolute atomic E-state index is 0.245. The highest BCUT2D eigenvalue weighted by molar-refractivity contribution is 5.76. The van der Waals surface area contributed by atoms with Crippen molar-refractivity contribution in [1.82, 2.24) is 5.32 Å². The first-order chi connectivity index (χ1) is 49.6. The second-order valence-corrected chi connectivity index (χ2v) is 30.6. The van der Waals surface area contributed by atoms with Gasteiger partial charge in [0.2, 0.25) is 5.91 Å². The highest BCUT2D eigenvalue weighted by Crippen LogP contribution is 2.30. The topological polar surface area (TPSA) is 228 Å².